The van der Waals surface area contributed by atoms with Crippen molar-refractivity contribution in [3.05, 3.63) is 180 Å². The zero-order valence-electron chi connectivity index (χ0n) is 25.2. The van der Waals surface area contributed by atoms with Gasteiger partial charge < -0.3 is 0 Å². The van der Waals surface area contributed by atoms with Crippen LogP contribution in [0, 0.1) is 0 Å². The summed E-state index contributed by atoms with van der Waals surface area (Å²) in [5, 5.41) is 0. The number of nitrogens with zero attached hydrogens (tertiary/aromatic N) is 2. The summed E-state index contributed by atoms with van der Waals surface area (Å²) in [6, 6.07) is 46.1. The first-order valence-electron chi connectivity index (χ1n) is 14.8. The number of aliphatic imine (C=N–C) groups is 2. The Kier molecular flexibility index (Phi) is 9.33. The minimum absolute atomic E-state index is 0.244. The number of hydrogen-bond acceptors (Lipinski definition) is 6. The molecule has 0 amide bonds. The average molecular weight is 655 g/mol. The lowest BCUT2D eigenvalue weighted by atomic mass is 10.0. The molecular formula is C39H30N2O4S2. The fraction of sp³-hybridized carbons (Fsp3) is 0.0256. The summed E-state index contributed by atoms with van der Waals surface area (Å²) in [7, 11) is -7.10. The molecule has 8 heteroatoms. The van der Waals surface area contributed by atoms with Crippen LogP contribution >= 0.6 is 0 Å². The molecule has 0 aliphatic heterocycles. The topological polar surface area (TPSA) is 93.0 Å². The maximum atomic E-state index is 12.8. The quantitative estimate of drug-likeness (QED) is 0.139. The largest absolute Gasteiger partial charge is 0.256 e. The van der Waals surface area contributed by atoms with Crippen molar-refractivity contribution >= 4 is 43.5 Å². The molecule has 6 aromatic rings. The number of hydrogen-bond donors (Lipinski definition) is 0. The van der Waals surface area contributed by atoms with Crippen LogP contribution in [0.2, 0.25) is 0 Å². The predicted octanol–water partition coefficient (Wildman–Crippen LogP) is 8.44. The van der Waals surface area contributed by atoms with Crippen LogP contribution in [0.5, 0.6) is 0 Å². The van der Waals surface area contributed by atoms with Gasteiger partial charge in [0.25, 0.3) is 0 Å². The van der Waals surface area contributed by atoms with Crippen molar-refractivity contribution in [2.75, 3.05) is 0 Å². The van der Waals surface area contributed by atoms with E-state index in [0.29, 0.717) is 0 Å². The molecule has 6 nitrogen and oxygen atoms in total. The summed E-state index contributed by atoms with van der Waals surface area (Å²) < 4.78 is 51.2. The van der Waals surface area contributed by atoms with Crippen LogP contribution in [-0.4, -0.2) is 29.3 Å². The molecule has 0 saturated heterocycles. The van der Waals surface area contributed by atoms with Crippen LogP contribution in [0.1, 0.15) is 22.3 Å². The van der Waals surface area contributed by atoms with E-state index in [9.17, 15) is 16.8 Å². The highest BCUT2D eigenvalue weighted by molar-refractivity contribution is 7.91. The van der Waals surface area contributed by atoms with Crippen LogP contribution in [0.15, 0.2) is 187 Å². The first kappa shape index (κ1) is 31.5. The third kappa shape index (κ3) is 7.69. The van der Waals surface area contributed by atoms with Gasteiger partial charge in [-0.1, -0.05) is 84.9 Å². The van der Waals surface area contributed by atoms with E-state index in [0.717, 1.165) is 40.0 Å². The van der Waals surface area contributed by atoms with Crippen molar-refractivity contribution in [3.8, 4) is 0 Å². The monoisotopic (exact) mass is 654 g/mol. The minimum atomic E-state index is -3.55. The van der Waals surface area contributed by atoms with Crippen LogP contribution in [0.4, 0.5) is 11.4 Å². The van der Waals surface area contributed by atoms with E-state index < -0.39 is 19.7 Å². The number of benzene rings is 6. The second kappa shape index (κ2) is 13.9. The van der Waals surface area contributed by atoms with Gasteiger partial charge in [0.1, 0.15) is 0 Å². The van der Waals surface area contributed by atoms with Crippen molar-refractivity contribution in [1.82, 2.24) is 0 Å². The van der Waals surface area contributed by atoms with E-state index in [1.54, 1.807) is 122 Å². The van der Waals surface area contributed by atoms with Crippen LogP contribution in [0.25, 0.3) is 0 Å². The fourth-order valence-electron chi connectivity index (χ4n) is 4.87. The van der Waals surface area contributed by atoms with Crippen LogP contribution < -0.4 is 0 Å². The summed E-state index contributed by atoms with van der Waals surface area (Å²) in [4.78, 5) is 10.1. The molecule has 0 spiro atoms. The van der Waals surface area contributed by atoms with Gasteiger partial charge in [0, 0.05) is 12.4 Å². The number of sulfone groups is 2. The molecule has 0 radical (unpaired) electrons. The Morgan fingerprint density at radius 3 is 1.04 bits per heavy atom. The van der Waals surface area contributed by atoms with Crippen molar-refractivity contribution in [3.63, 3.8) is 0 Å². The molecule has 6 aromatic carbocycles. The Bertz CT molecular complexity index is 2070. The van der Waals surface area contributed by atoms with Gasteiger partial charge in [0.05, 0.1) is 31.0 Å². The molecular weight excluding hydrogens is 625 g/mol. The highest BCUT2D eigenvalue weighted by Gasteiger charge is 2.17. The smallest absolute Gasteiger partial charge is 0.206 e. The van der Waals surface area contributed by atoms with Crippen LogP contribution in [-0.2, 0) is 26.1 Å². The normalized spacial score (nSPS) is 12.1. The second-order valence-electron chi connectivity index (χ2n) is 10.8. The summed E-state index contributed by atoms with van der Waals surface area (Å²) in [6.07, 6.45) is 4.19. The van der Waals surface area contributed by atoms with E-state index >= 15 is 0 Å². The molecule has 6 rings (SSSR count). The van der Waals surface area contributed by atoms with Gasteiger partial charge >= 0.3 is 0 Å². The molecule has 0 heterocycles. The average Bonchev–Trinajstić information content (AvgIpc) is 3.12. The molecule has 232 valence electrons. The third-order valence-electron chi connectivity index (χ3n) is 7.49. The maximum absolute atomic E-state index is 12.8. The third-order valence-corrected chi connectivity index (χ3v) is 11.1. The molecule has 0 unspecified atom stereocenters. The van der Waals surface area contributed by atoms with Crippen molar-refractivity contribution < 1.29 is 16.8 Å². The Labute approximate surface area is 275 Å². The van der Waals surface area contributed by atoms with Crippen molar-refractivity contribution in [2.24, 2.45) is 9.98 Å². The predicted molar refractivity (Wildman–Crippen MR) is 187 cm³/mol. The van der Waals surface area contributed by atoms with Gasteiger partial charge in [0.2, 0.25) is 19.7 Å². The van der Waals surface area contributed by atoms with E-state index in [1.807, 2.05) is 48.5 Å². The van der Waals surface area contributed by atoms with E-state index in [4.69, 9.17) is 0 Å². The Balaban J connectivity index is 1.03. The maximum Gasteiger partial charge on any atom is 0.206 e. The molecule has 0 N–H and O–H groups in total. The molecule has 0 aliphatic rings. The lowest BCUT2D eigenvalue weighted by molar-refractivity contribution is 0.594. The summed E-state index contributed by atoms with van der Waals surface area (Å²) in [6.45, 7) is 0. The first-order valence-corrected chi connectivity index (χ1v) is 17.8. The lowest BCUT2D eigenvalue weighted by Crippen LogP contribution is -2.01. The molecule has 0 bridgehead atoms. The summed E-state index contributed by atoms with van der Waals surface area (Å²) in [5.74, 6) is 0. The van der Waals surface area contributed by atoms with Gasteiger partial charge in [-0.15, -0.1) is 0 Å². The summed E-state index contributed by atoms with van der Waals surface area (Å²) >= 11 is 0. The Morgan fingerprint density at radius 1 is 0.383 bits per heavy atom. The molecule has 0 fully saturated rings. The molecule has 0 aromatic heterocycles. The molecule has 47 heavy (non-hydrogen) atoms. The zero-order chi connectivity index (χ0) is 32.7. The molecule has 0 atom stereocenters. The van der Waals surface area contributed by atoms with Gasteiger partial charge in [-0.05, 0) is 101 Å². The van der Waals surface area contributed by atoms with E-state index in [1.165, 1.54) is 0 Å². The van der Waals surface area contributed by atoms with Crippen LogP contribution in [0.3, 0.4) is 0 Å². The second-order valence-corrected chi connectivity index (χ2v) is 14.7. The van der Waals surface area contributed by atoms with Gasteiger partial charge in [0.15, 0.2) is 0 Å². The Morgan fingerprint density at radius 2 is 0.702 bits per heavy atom. The zero-order valence-corrected chi connectivity index (χ0v) is 26.8. The lowest BCUT2D eigenvalue weighted by Gasteiger charge is -2.05. The van der Waals surface area contributed by atoms with Gasteiger partial charge in [-0.25, -0.2) is 16.8 Å². The fourth-order valence-corrected chi connectivity index (χ4v) is 7.44. The minimum Gasteiger partial charge on any atom is -0.256 e. The summed E-state index contributed by atoms with van der Waals surface area (Å²) in [5.41, 5.74) is 5.48. The number of rotatable bonds is 10. The standard InChI is InChI=1S/C39H30N2O4S2/c42-46(43,36-7-3-1-4-8-36)38-23-15-32(16-24-38)28-40-34-19-11-30(12-20-34)27-31-13-21-35(22-14-31)41-29-33-17-25-39(26-18-33)47(44,45)37-9-5-2-6-10-37/h1-26,28-29H,27H2. The highest BCUT2D eigenvalue weighted by Crippen LogP contribution is 2.23. The van der Waals surface area contributed by atoms with Gasteiger partial charge in [-0.3, -0.25) is 9.98 Å². The molecule has 0 saturated carbocycles. The van der Waals surface area contributed by atoms with Gasteiger partial charge in [-0.2, -0.15) is 0 Å². The van der Waals surface area contributed by atoms with Crippen molar-refractivity contribution in [2.45, 2.75) is 26.0 Å². The van der Waals surface area contributed by atoms with E-state index in [2.05, 4.69) is 9.98 Å². The van der Waals surface area contributed by atoms with E-state index in [-0.39, 0.29) is 19.6 Å². The Hall–Kier alpha value is -5.44. The van der Waals surface area contributed by atoms with Crippen molar-refractivity contribution in [1.29, 1.82) is 0 Å². The molecule has 0 aliphatic carbocycles. The highest BCUT2D eigenvalue weighted by atomic mass is 32.2. The SMILES string of the molecule is O=S(=O)(c1ccccc1)c1ccc(C=Nc2ccc(Cc3ccc(N=Cc4ccc(S(=O)(=O)c5ccccc5)cc4)cc3)cc2)cc1. The first-order chi connectivity index (χ1) is 22.8.